The third-order valence-electron chi connectivity index (χ3n) is 5.02. The van der Waals surface area contributed by atoms with Gasteiger partial charge < -0.3 is 5.11 Å². The van der Waals surface area contributed by atoms with Crippen molar-refractivity contribution in [3.63, 3.8) is 0 Å². The Balaban J connectivity index is 1.55. The molecule has 2 aliphatic carbocycles. The Kier molecular flexibility index (Phi) is 4.47. The Morgan fingerprint density at radius 3 is 2.91 bits per heavy atom. The van der Waals surface area contributed by atoms with Gasteiger partial charge in [-0.2, -0.15) is 0 Å². The average Bonchev–Trinajstić information content (AvgIpc) is 3.34. The van der Waals surface area contributed by atoms with E-state index in [2.05, 4.69) is 40.3 Å². The Morgan fingerprint density at radius 2 is 2.09 bits per heavy atom. The van der Waals surface area contributed by atoms with E-state index in [1.807, 2.05) is 11.3 Å². The summed E-state index contributed by atoms with van der Waals surface area (Å²) in [7, 11) is 0. The van der Waals surface area contributed by atoms with E-state index in [-0.39, 0.29) is 6.61 Å². The molecule has 1 unspecified atom stereocenters. The van der Waals surface area contributed by atoms with Gasteiger partial charge in [-0.3, -0.25) is 4.90 Å². The summed E-state index contributed by atoms with van der Waals surface area (Å²) >= 11 is 1.87. The minimum atomic E-state index is 0.215. The standard InChI is InChI=1S/C19H24N2OS/c22-11-10-21(13-16-12-20-19(23-16)15-8-9-15)18-7-3-5-14-4-1-2-6-17(14)18/h1-2,4,6,12,15,18,22H,3,5,7-11,13H2. The predicted octanol–water partition coefficient (Wildman–Crippen LogP) is 3.89. The van der Waals surface area contributed by atoms with Crippen LogP contribution in [0.4, 0.5) is 0 Å². The summed E-state index contributed by atoms with van der Waals surface area (Å²) in [6.45, 7) is 1.85. The van der Waals surface area contributed by atoms with Gasteiger partial charge in [0.05, 0.1) is 11.6 Å². The highest BCUT2D eigenvalue weighted by Gasteiger charge is 2.28. The van der Waals surface area contributed by atoms with Gasteiger partial charge in [-0.15, -0.1) is 11.3 Å². The van der Waals surface area contributed by atoms with Crippen LogP contribution in [0.25, 0.3) is 0 Å². The van der Waals surface area contributed by atoms with Crippen LogP contribution in [-0.4, -0.2) is 28.1 Å². The van der Waals surface area contributed by atoms with Crippen LogP contribution in [0.15, 0.2) is 30.5 Å². The summed E-state index contributed by atoms with van der Waals surface area (Å²) in [6, 6.07) is 9.25. The summed E-state index contributed by atoms with van der Waals surface area (Å²) in [5.74, 6) is 0.732. The van der Waals surface area contributed by atoms with Crippen molar-refractivity contribution >= 4 is 11.3 Å². The van der Waals surface area contributed by atoms with Crippen molar-refractivity contribution in [3.05, 3.63) is 51.5 Å². The van der Waals surface area contributed by atoms with E-state index in [1.165, 1.54) is 53.1 Å². The van der Waals surface area contributed by atoms with Crippen molar-refractivity contribution in [3.8, 4) is 0 Å². The maximum atomic E-state index is 9.54. The molecule has 1 aromatic carbocycles. The summed E-state index contributed by atoms with van der Waals surface area (Å²) in [5, 5.41) is 10.9. The number of hydrogen-bond acceptors (Lipinski definition) is 4. The third-order valence-corrected chi connectivity index (χ3v) is 6.17. The molecule has 0 amide bonds. The fraction of sp³-hybridized carbons (Fsp3) is 0.526. The largest absolute Gasteiger partial charge is 0.395 e. The second-order valence-corrected chi connectivity index (χ2v) is 7.89. The number of fused-ring (bicyclic) bond motifs is 1. The van der Waals surface area contributed by atoms with Gasteiger partial charge >= 0.3 is 0 Å². The third kappa shape index (κ3) is 3.35. The van der Waals surface area contributed by atoms with Crippen LogP contribution in [0.2, 0.25) is 0 Å². The molecule has 1 N–H and O–H groups in total. The second-order valence-electron chi connectivity index (χ2n) is 6.74. The smallest absolute Gasteiger partial charge is 0.0959 e. The first-order valence-electron chi connectivity index (χ1n) is 8.72. The first-order valence-corrected chi connectivity index (χ1v) is 9.54. The molecule has 1 fully saturated rings. The topological polar surface area (TPSA) is 36.4 Å². The van der Waals surface area contributed by atoms with Gasteiger partial charge in [-0.25, -0.2) is 4.98 Å². The molecule has 1 saturated carbocycles. The summed E-state index contributed by atoms with van der Waals surface area (Å²) in [5.41, 5.74) is 2.94. The average molecular weight is 328 g/mol. The molecule has 1 heterocycles. The Bertz CT molecular complexity index is 665. The molecular weight excluding hydrogens is 304 g/mol. The van der Waals surface area contributed by atoms with Crippen LogP contribution in [0.1, 0.15) is 58.7 Å². The van der Waals surface area contributed by atoms with Gasteiger partial charge in [0.15, 0.2) is 0 Å². The highest BCUT2D eigenvalue weighted by molar-refractivity contribution is 7.11. The number of rotatable bonds is 6. The summed E-state index contributed by atoms with van der Waals surface area (Å²) in [4.78, 5) is 8.39. The zero-order chi connectivity index (χ0) is 15.6. The first-order chi connectivity index (χ1) is 11.3. The minimum absolute atomic E-state index is 0.215. The van der Waals surface area contributed by atoms with E-state index in [1.54, 1.807) is 0 Å². The number of thiazole rings is 1. The lowest BCUT2D eigenvalue weighted by atomic mass is 9.87. The molecule has 0 bridgehead atoms. The lowest BCUT2D eigenvalue weighted by molar-refractivity contribution is 0.132. The number of aryl methyl sites for hydroxylation is 1. The number of aliphatic hydroxyl groups is 1. The molecule has 2 aliphatic rings. The molecule has 4 heteroatoms. The van der Waals surface area contributed by atoms with Gasteiger partial charge in [-0.05, 0) is 43.2 Å². The summed E-state index contributed by atoms with van der Waals surface area (Å²) < 4.78 is 0. The maximum absolute atomic E-state index is 9.54. The zero-order valence-corrected chi connectivity index (χ0v) is 14.3. The minimum Gasteiger partial charge on any atom is -0.395 e. The quantitative estimate of drug-likeness (QED) is 0.874. The van der Waals surface area contributed by atoms with Gasteiger partial charge in [-0.1, -0.05) is 24.3 Å². The molecule has 0 saturated heterocycles. The number of hydrogen-bond donors (Lipinski definition) is 1. The molecule has 3 nitrogen and oxygen atoms in total. The van der Waals surface area contributed by atoms with Crippen molar-refractivity contribution in [1.29, 1.82) is 0 Å². The molecule has 0 spiro atoms. The monoisotopic (exact) mass is 328 g/mol. The van der Waals surface area contributed by atoms with Crippen LogP contribution in [0.5, 0.6) is 0 Å². The van der Waals surface area contributed by atoms with Crippen molar-refractivity contribution in [2.75, 3.05) is 13.2 Å². The van der Waals surface area contributed by atoms with Gasteiger partial charge in [0.1, 0.15) is 0 Å². The lowest BCUT2D eigenvalue weighted by Crippen LogP contribution is -2.33. The molecular formula is C19H24N2OS. The van der Waals surface area contributed by atoms with Crippen molar-refractivity contribution in [2.45, 2.75) is 50.6 Å². The van der Waals surface area contributed by atoms with Crippen molar-refractivity contribution in [2.24, 2.45) is 0 Å². The Hall–Kier alpha value is -1.23. The van der Waals surface area contributed by atoms with Crippen molar-refractivity contribution < 1.29 is 5.11 Å². The fourth-order valence-electron chi connectivity index (χ4n) is 3.70. The van der Waals surface area contributed by atoms with Gasteiger partial charge in [0.2, 0.25) is 0 Å². The predicted molar refractivity (Wildman–Crippen MR) is 93.7 cm³/mol. The number of benzene rings is 1. The molecule has 4 rings (SSSR count). The van der Waals surface area contributed by atoms with E-state index in [0.29, 0.717) is 6.04 Å². The van der Waals surface area contributed by atoms with E-state index in [9.17, 15) is 5.11 Å². The highest BCUT2D eigenvalue weighted by Crippen LogP contribution is 2.42. The Morgan fingerprint density at radius 1 is 1.22 bits per heavy atom. The Labute approximate surface area is 142 Å². The van der Waals surface area contributed by atoms with Crippen LogP contribution in [0, 0.1) is 0 Å². The van der Waals surface area contributed by atoms with E-state index in [4.69, 9.17) is 0 Å². The second kappa shape index (κ2) is 6.71. The van der Waals surface area contributed by atoms with Gasteiger partial charge in [0.25, 0.3) is 0 Å². The summed E-state index contributed by atoms with van der Waals surface area (Å²) in [6.07, 6.45) is 8.28. The zero-order valence-electron chi connectivity index (χ0n) is 13.4. The molecule has 122 valence electrons. The highest BCUT2D eigenvalue weighted by atomic mass is 32.1. The number of aliphatic hydroxyl groups excluding tert-OH is 1. The van der Waals surface area contributed by atoms with E-state index < -0.39 is 0 Å². The maximum Gasteiger partial charge on any atom is 0.0959 e. The lowest BCUT2D eigenvalue weighted by Gasteiger charge is -2.35. The molecule has 1 aromatic heterocycles. The van der Waals surface area contributed by atoms with Crippen LogP contribution >= 0.6 is 11.3 Å². The fourth-order valence-corrected chi connectivity index (χ4v) is 4.81. The first kappa shape index (κ1) is 15.3. The molecule has 2 aromatic rings. The van der Waals surface area contributed by atoms with Crippen LogP contribution < -0.4 is 0 Å². The number of nitrogens with zero attached hydrogens (tertiary/aromatic N) is 2. The van der Waals surface area contributed by atoms with Crippen molar-refractivity contribution in [1.82, 2.24) is 9.88 Å². The molecule has 1 atom stereocenters. The van der Waals surface area contributed by atoms with E-state index in [0.717, 1.165) is 19.0 Å². The molecule has 23 heavy (non-hydrogen) atoms. The normalized spacial score (nSPS) is 20.7. The van der Waals surface area contributed by atoms with Gasteiger partial charge in [0, 0.05) is 36.1 Å². The van der Waals surface area contributed by atoms with Crippen LogP contribution in [-0.2, 0) is 13.0 Å². The molecule has 0 radical (unpaired) electrons. The molecule has 0 aliphatic heterocycles. The number of aromatic nitrogens is 1. The van der Waals surface area contributed by atoms with Crippen LogP contribution in [0.3, 0.4) is 0 Å². The van der Waals surface area contributed by atoms with E-state index >= 15 is 0 Å². The SMILES string of the molecule is OCCN(Cc1cnc(C2CC2)s1)C1CCCc2ccccc21.